The molecule has 1 aliphatic rings. The summed E-state index contributed by atoms with van der Waals surface area (Å²) in [5.74, 6) is -1.85. The Kier molecular flexibility index (Phi) is 12.1. The zero-order chi connectivity index (χ0) is 33.1. The van der Waals surface area contributed by atoms with Crippen LogP contribution in [0.3, 0.4) is 0 Å². The van der Waals surface area contributed by atoms with Crippen molar-refractivity contribution in [1.82, 2.24) is 5.16 Å². The number of aliphatic carboxylic acids is 1. The van der Waals surface area contributed by atoms with Gasteiger partial charge in [-0.05, 0) is 49.1 Å². The monoisotopic (exact) mass is 632 g/mol. The van der Waals surface area contributed by atoms with Crippen molar-refractivity contribution in [2.45, 2.75) is 57.3 Å². The fourth-order valence-electron chi connectivity index (χ4n) is 5.85. The van der Waals surface area contributed by atoms with E-state index in [4.69, 9.17) is 18.7 Å². The molecule has 3 atom stereocenters. The van der Waals surface area contributed by atoms with Gasteiger partial charge >= 0.3 is 11.9 Å². The Morgan fingerprint density at radius 1 is 1.07 bits per heavy atom. The minimum Gasteiger partial charge on any atom is -0.496 e. The lowest BCUT2D eigenvalue weighted by Gasteiger charge is -2.29. The summed E-state index contributed by atoms with van der Waals surface area (Å²) in [6.45, 7) is 3.57. The van der Waals surface area contributed by atoms with Crippen molar-refractivity contribution in [1.29, 1.82) is 0 Å². The minimum atomic E-state index is -1.04. The summed E-state index contributed by atoms with van der Waals surface area (Å²) in [5, 5.41) is 16.8. The minimum absolute atomic E-state index is 0.0329. The van der Waals surface area contributed by atoms with Gasteiger partial charge in [0.15, 0.2) is 0 Å². The zero-order valence-corrected chi connectivity index (χ0v) is 26.2. The number of ketones is 1. The highest BCUT2D eigenvalue weighted by Gasteiger charge is 2.34. The molecule has 3 unspecified atom stereocenters. The van der Waals surface area contributed by atoms with E-state index >= 15 is 0 Å². The third kappa shape index (κ3) is 8.83. The molecule has 11 heteroatoms. The Labute approximate surface area is 267 Å². The number of anilines is 1. The maximum Gasteiger partial charge on any atom is 0.306 e. The Morgan fingerprint density at radius 3 is 2.41 bits per heavy atom. The highest BCUT2D eigenvalue weighted by molar-refractivity contribution is 6.08. The van der Waals surface area contributed by atoms with E-state index in [0.717, 1.165) is 31.2 Å². The van der Waals surface area contributed by atoms with E-state index in [1.54, 1.807) is 36.4 Å². The first kappa shape index (κ1) is 34.0. The highest BCUT2D eigenvalue weighted by atomic mass is 16.5. The van der Waals surface area contributed by atoms with Crippen LogP contribution in [0, 0.1) is 11.8 Å². The van der Waals surface area contributed by atoms with Crippen LogP contribution in [-0.4, -0.2) is 54.7 Å². The Bertz CT molecular complexity index is 1510. The Morgan fingerprint density at radius 2 is 1.76 bits per heavy atom. The molecule has 0 radical (unpaired) electrons. The second-order valence-electron chi connectivity index (χ2n) is 11.3. The molecule has 3 aromatic rings. The molecule has 0 bridgehead atoms. The number of carboxylic acid groups (broad SMARTS) is 1. The first-order valence-corrected chi connectivity index (χ1v) is 15.3. The normalized spacial score (nSPS) is 16.6. The number of hydrogen-bond donors (Lipinski definition) is 2. The van der Waals surface area contributed by atoms with E-state index in [1.165, 1.54) is 20.3 Å². The number of ether oxygens (including phenoxy) is 3. The lowest BCUT2D eigenvalue weighted by Crippen LogP contribution is -2.27. The number of carbonyl (C=O) groups excluding carboxylic acids is 3. The number of Topliss-reactive ketones (excluding diaryl/α,β-unsaturated/α-hetero) is 1. The number of carbonyl (C=O) groups is 4. The average Bonchev–Trinajstić information content (AvgIpc) is 3.54. The number of benzene rings is 2. The van der Waals surface area contributed by atoms with Crippen LogP contribution in [0.2, 0.25) is 0 Å². The fraction of sp³-hybridized carbons (Fsp3) is 0.400. The van der Waals surface area contributed by atoms with Crippen molar-refractivity contribution in [2.75, 3.05) is 26.1 Å². The van der Waals surface area contributed by atoms with Crippen LogP contribution in [-0.2, 0) is 32.0 Å². The van der Waals surface area contributed by atoms with Crippen LogP contribution in [0.1, 0.15) is 71.8 Å². The molecular formula is C35H40N2O9. The topological polar surface area (TPSA) is 154 Å². The van der Waals surface area contributed by atoms with Crippen molar-refractivity contribution in [3.05, 3.63) is 83.8 Å². The Balaban J connectivity index is 1.37. The average molecular weight is 633 g/mol. The van der Waals surface area contributed by atoms with E-state index in [1.807, 2.05) is 12.1 Å². The van der Waals surface area contributed by atoms with Crippen LogP contribution in [0.25, 0.3) is 0 Å². The number of esters is 1. The van der Waals surface area contributed by atoms with Gasteiger partial charge in [-0.3, -0.25) is 19.2 Å². The standard InChI is InChI=1S/C35H40N2O9/c1-4-18-45-32(39)17-14-23(35(41)42)20-25-21-28(37-46-25)26-8-5-6-9-27(26)29(38)19-22-12-15-24(16-13-22)36-34(40)33-30(43-2)10-7-11-31(33)44-3/h4,7,10-13,15-16,21,23,26-27H,1,5-6,8-9,14,17-20H2,2-3H3,(H,36,40)(H,41,42). The predicted octanol–water partition coefficient (Wildman–Crippen LogP) is 5.78. The first-order valence-electron chi connectivity index (χ1n) is 15.3. The van der Waals surface area contributed by atoms with Gasteiger partial charge in [0.25, 0.3) is 5.91 Å². The Hall–Kier alpha value is -4.93. The molecule has 1 saturated carbocycles. The predicted molar refractivity (Wildman–Crippen MR) is 169 cm³/mol. The van der Waals surface area contributed by atoms with Gasteiger partial charge in [-0.2, -0.15) is 0 Å². The van der Waals surface area contributed by atoms with Gasteiger partial charge in [0, 0.05) is 42.9 Å². The lowest BCUT2D eigenvalue weighted by atomic mass is 9.74. The number of carboxylic acids is 1. The third-order valence-corrected chi connectivity index (χ3v) is 8.24. The molecule has 1 amide bonds. The quantitative estimate of drug-likeness (QED) is 0.147. The van der Waals surface area contributed by atoms with Crippen molar-refractivity contribution in [3.63, 3.8) is 0 Å². The molecule has 1 aliphatic carbocycles. The molecule has 4 rings (SSSR count). The number of methoxy groups -OCH3 is 2. The van der Waals surface area contributed by atoms with Crippen molar-refractivity contribution in [3.8, 4) is 11.5 Å². The summed E-state index contributed by atoms with van der Waals surface area (Å²) in [4.78, 5) is 50.2. The number of rotatable bonds is 16. The molecule has 2 N–H and O–H groups in total. The number of nitrogens with zero attached hydrogens (tertiary/aromatic N) is 1. The second-order valence-corrected chi connectivity index (χ2v) is 11.3. The molecule has 46 heavy (non-hydrogen) atoms. The number of aromatic nitrogens is 1. The first-order chi connectivity index (χ1) is 22.2. The van der Waals surface area contributed by atoms with Gasteiger partial charge in [0.05, 0.1) is 25.8 Å². The fourth-order valence-corrected chi connectivity index (χ4v) is 5.85. The van der Waals surface area contributed by atoms with E-state index in [-0.39, 0.29) is 61.4 Å². The van der Waals surface area contributed by atoms with Crippen LogP contribution in [0.15, 0.2) is 65.7 Å². The zero-order valence-electron chi connectivity index (χ0n) is 26.2. The largest absolute Gasteiger partial charge is 0.496 e. The second kappa shape index (κ2) is 16.4. The smallest absolute Gasteiger partial charge is 0.306 e. The maximum absolute atomic E-state index is 13.6. The van der Waals surface area contributed by atoms with Crippen LogP contribution in [0.4, 0.5) is 5.69 Å². The van der Waals surface area contributed by atoms with Crippen molar-refractivity contribution < 1.29 is 43.0 Å². The SMILES string of the molecule is C=CCOC(=O)CCC(Cc1cc(C2CCCCC2C(=O)Cc2ccc(NC(=O)c3c(OC)cccc3OC)cc2)no1)C(=O)O. The van der Waals surface area contributed by atoms with Crippen molar-refractivity contribution in [2.24, 2.45) is 11.8 Å². The summed E-state index contributed by atoms with van der Waals surface area (Å²) in [7, 11) is 2.97. The molecule has 0 saturated heterocycles. The van der Waals surface area contributed by atoms with Gasteiger partial charge in [0.1, 0.15) is 35.2 Å². The molecule has 1 fully saturated rings. The number of amides is 1. The number of hydrogen-bond acceptors (Lipinski definition) is 9. The summed E-state index contributed by atoms with van der Waals surface area (Å²) >= 11 is 0. The van der Waals surface area contributed by atoms with Crippen LogP contribution < -0.4 is 14.8 Å². The van der Waals surface area contributed by atoms with E-state index in [2.05, 4.69) is 17.1 Å². The summed E-state index contributed by atoms with van der Waals surface area (Å²) in [5.41, 5.74) is 2.31. The van der Waals surface area contributed by atoms with E-state index in [9.17, 15) is 24.3 Å². The molecule has 0 aliphatic heterocycles. The molecule has 1 aromatic heterocycles. The molecular weight excluding hydrogens is 592 g/mol. The van der Waals surface area contributed by atoms with E-state index in [0.29, 0.717) is 28.6 Å². The number of nitrogens with one attached hydrogen (secondary N) is 1. The summed E-state index contributed by atoms with van der Waals surface area (Å²) in [6, 6.07) is 14.0. The molecule has 0 spiro atoms. The van der Waals surface area contributed by atoms with Crippen molar-refractivity contribution >= 4 is 29.3 Å². The van der Waals surface area contributed by atoms with Gasteiger partial charge < -0.3 is 29.2 Å². The van der Waals surface area contributed by atoms with Crippen LogP contribution >= 0.6 is 0 Å². The van der Waals surface area contributed by atoms with E-state index < -0.39 is 17.9 Å². The van der Waals surface area contributed by atoms with Gasteiger partial charge in [-0.1, -0.05) is 48.9 Å². The molecule has 244 valence electrons. The molecule has 11 nitrogen and oxygen atoms in total. The summed E-state index contributed by atoms with van der Waals surface area (Å²) in [6.07, 6.45) is 5.20. The highest BCUT2D eigenvalue weighted by Crippen LogP contribution is 2.39. The van der Waals surface area contributed by atoms with Crippen LogP contribution in [0.5, 0.6) is 11.5 Å². The van der Waals surface area contributed by atoms with Gasteiger partial charge in [0.2, 0.25) is 0 Å². The molecule has 2 aromatic carbocycles. The lowest BCUT2D eigenvalue weighted by molar-refractivity contribution is -0.145. The molecule has 1 heterocycles. The maximum atomic E-state index is 13.6. The van der Waals surface area contributed by atoms with Gasteiger partial charge in [-0.15, -0.1) is 0 Å². The third-order valence-electron chi connectivity index (χ3n) is 8.24. The summed E-state index contributed by atoms with van der Waals surface area (Å²) < 4.78 is 21.1. The van der Waals surface area contributed by atoms with Gasteiger partial charge in [-0.25, -0.2) is 0 Å².